The van der Waals surface area contributed by atoms with Gasteiger partial charge in [-0.3, -0.25) is 4.90 Å². The Morgan fingerprint density at radius 2 is 1.73 bits per heavy atom. The Morgan fingerprint density at radius 3 is 2.50 bits per heavy atom. The number of pyridine rings is 1. The summed E-state index contributed by atoms with van der Waals surface area (Å²) in [5.41, 5.74) is 4.11. The molecule has 0 unspecified atom stereocenters. The highest BCUT2D eigenvalue weighted by Crippen LogP contribution is 2.30. The molecule has 4 aromatic rings. The van der Waals surface area contributed by atoms with Crippen molar-refractivity contribution >= 4 is 39.5 Å². The van der Waals surface area contributed by atoms with Gasteiger partial charge in [-0.15, -0.1) is 0 Å². The minimum Gasteiger partial charge on any atom is -0.475 e. The summed E-state index contributed by atoms with van der Waals surface area (Å²) in [4.78, 5) is 23.1. The Balaban J connectivity index is 1.61. The summed E-state index contributed by atoms with van der Waals surface area (Å²) in [6.07, 6.45) is 2.51. The van der Waals surface area contributed by atoms with E-state index in [4.69, 9.17) is 11.6 Å². The van der Waals surface area contributed by atoms with Crippen LogP contribution in [0.2, 0.25) is 5.15 Å². The van der Waals surface area contributed by atoms with Gasteiger partial charge in [0.05, 0.1) is 11.0 Å². The molecule has 0 radical (unpaired) electrons. The van der Waals surface area contributed by atoms with E-state index in [1.165, 1.54) is 18.4 Å². The van der Waals surface area contributed by atoms with E-state index in [0.29, 0.717) is 17.6 Å². The van der Waals surface area contributed by atoms with Crippen LogP contribution in [0.1, 0.15) is 34.6 Å². The van der Waals surface area contributed by atoms with Crippen molar-refractivity contribution in [2.75, 3.05) is 13.1 Å². The standard InChI is InChI=1S/C23H21ClN4O2/c24-21-19-20(17-8-1-2-9-18(17)25-21)28(22(26-19)23(29)30)14-16-7-5-6-15(12-16)13-27-10-3-4-11-27/h1-2,5-9,12H,3-4,10-11,13-14H2,(H,29,30). The van der Waals surface area contributed by atoms with Crippen molar-refractivity contribution in [3.05, 3.63) is 70.6 Å². The Labute approximate surface area is 178 Å². The van der Waals surface area contributed by atoms with Gasteiger partial charge in [0.2, 0.25) is 5.82 Å². The minimum absolute atomic E-state index is 0.0324. The van der Waals surface area contributed by atoms with Crippen LogP contribution in [-0.2, 0) is 13.1 Å². The zero-order chi connectivity index (χ0) is 20.7. The number of aromatic carboxylic acids is 1. The van der Waals surface area contributed by atoms with E-state index in [9.17, 15) is 9.90 Å². The van der Waals surface area contributed by atoms with Crippen molar-refractivity contribution in [1.29, 1.82) is 0 Å². The fraction of sp³-hybridized carbons (Fsp3) is 0.261. The molecule has 1 fully saturated rings. The van der Waals surface area contributed by atoms with Gasteiger partial charge in [-0.05, 0) is 43.1 Å². The number of imidazole rings is 1. The highest BCUT2D eigenvalue weighted by molar-refractivity contribution is 6.35. The molecule has 6 nitrogen and oxygen atoms in total. The maximum atomic E-state index is 12.0. The molecular weight excluding hydrogens is 400 g/mol. The molecule has 0 aliphatic carbocycles. The molecule has 0 bridgehead atoms. The molecule has 0 amide bonds. The van der Waals surface area contributed by atoms with Gasteiger partial charge in [0, 0.05) is 18.5 Å². The Bertz CT molecular complexity index is 1260. The lowest BCUT2D eigenvalue weighted by Gasteiger charge is -2.15. The van der Waals surface area contributed by atoms with Crippen LogP contribution < -0.4 is 0 Å². The van der Waals surface area contributed by atoms with E-state index in [1.54, 1.807) is 4.57 Å². The van der Waals surface area contributed by atoms with E-state index >= 15 is 0 Å². The molecule has 1 saturated heterocycles. The fourth-order valence-electron chi connectivity index (χ4n) is 4.32. The van der Waals surface area contributed by atoms with Crippen molar-refractivity contribution in [2.24, 2.45) is 0 Å². The topological polar surface area (TPSA) is 71.2 Å². The lowest BCUT2D eigenvalue weighted by Crippen LogP contribution is -2.18. The maximum absolute atomic E-state index is 12.0. The monoisotopic (exact) mass is 420 g/mol. The first-order valence-electron chi connectivity index (χ1n) is 10.1. The van der Waals surface area contributed by atoms with Gasteiger partial charge < -0.3 is 9.67 Å². The number of hydrogen-bond acceptors (Lipinski definition) is 4. The number of benzene rings is 2. The quantitative estimate of drug-likeness (QED) is 0.478. The van der Waals surface area contributed by atoms with Gasteiger partial charge in [-0.25, -0.2) is 14.8 Å². The Kier molecular flexibility index (Phi) is 4.89. The minimum atomic E-state index is -1.08. The number of aromatic nitrogens is 3. The van der Waals surface area contributed by atoms with Crippen LogP contribution in [0, 0.1) is 0 Å². The van der Waals surface area contributed by atoms with Gasteiger partial charge in [0.25, 0.3) is 0 Å². The van der Waals surface area contributed by atoms with Gasteiger partial charge in [-0.2, -0.15) is 0 Å². The van der Waals surface area contributed by atoms with E-state index in [1.807, 2.05) is 36.4 Å². The molecule has 2 aromatic heterocycles. The molecule has 0 spiro atoms. The van der Waals surface area contributed by atoms with Crippen molar-refractivity contribution < 1.29 is 9.90 Å². The third kappa shape index (κ3) is 3.42. The predicted molar refractivity (Wildman–Crippen MR) is 117 cm³/mol. The molecule has 1 aliphatic heterocycles. The van der Waals surface area contributed by atoms with Crippen LogP contribution in [0.5, 0.6) is 0 Å². The summed E-state index contributed by atoms with van der Waals surface area (Å²) in [6.45, 7) is 3.59. The van der Waals surface area contributed by atoms with Gasteiger partial charge >= 0.3 is 5.97 Å². The molecule has 3 heterocycles. The number of carbonyl (C=O) groups is 1. The SMILES string of the molecule is O=C(O)c1nc2c(Cl)nc3ccccc3c2n1Cc1cccc(CN2CCCC2)c1. The number of likely N-dealkylation sites (tertiary alicyclic amines) is 1. The first kappa shape index (κ1) is 19.0. The number of carboxylic acids is 1. The van der Waals surface area contributed by atoms with Crippen molar-refractivity contribution in [1.82, 2.24) is 19.4 Å². The summed E-state index contributed by atoms with van der Waals surface area (Å²) in [6, 6.07) is 15.9. The van der Waals surface area contributed by atoms with Crippen molar-refractivity contribution in [2.45, 2.75) is 25.9 Å². The lowest BCUT2D eigenvalue weighted by molar-refractivity contribution is 0.0679. The van der Waals surface area contributed by atoms with Crippen LogP contribution >= 0.6 is 11.6 Å². The third-order valence-electron chi connectivity index (χ3n) is 5.67. The van der Waals surface area contributed by atoms with Crippen LogP contribution in [0.15, 0.2) is 48.5 Å². The largest absolute Gasteiger partial charge is 0.475 e. The molecular formula is C23H21ClN4O2. The molecule has 7 heteroatoms. The number of para-hydroxylation sites is 1. The van der Waals surface area contributed by atoms with E-state index in [-0.39, 0.29) is 11.0 Å². The predicted octanol–water partition coefficient (Wildman–Crippen LogP) is 4.58. The summed E-state index contributed by atoms with van der Waals surface area (Å²) in [5, 5.41) is 10.9. The van der Waals surface area contributed by atoms with E-state index in [2.05, 4.69) is 27.0 Å². The normalized spacial score (nSPS) is 14.7. The summed E-state index contributed by atoms with van der Waals surface area (Å²) in [5.74, 6) is -1.12. The van der Waals surface area contributed by atoms with Crippen LogP contribution in [-0.4, -0.2) is 43.6 Å². The van der Waals surface area contributed by atoms with E-state index < -0.39 is 5.97 Å². The van der Waals surface area contributed by atoms with Crippen LogP contribution in [0.25, 0.3) is 21.9 Å². The first-order chi connectivity index (χ1) is 14.6. The number of fused-ring (bicyclic) bond motifs is 3. The highest BCUT2D eigenvalue weighted by atomic mass is 35.5. The molecule has 1 aliphatic rings. The second-order valence-electron chi connectivity index (χ2n) is 7.75. The van der Waals surface area contributed by atoms with Crippen LogP contribution in [0.4, 0.5) is 0 Å². The molecule has 0 saturated carbocycles. The first-order valence-corrected chi connectivity index (χ1v) is 10.5. The molecule has 2 aromatic carbocycles. The number of halogens is 1. The van der Waals surface area contributed by atoms with Crippen molar-refractivity contribution in [3.8, 4) is 0 Å². The molecule has 30 heavy (non-hydrogen) atoms. The van der Waals surface area contributed by atoms with Gasteiger partial charge in [-0.1, -0.05) is 54.1 Å². The molecule has 5 rings (SSSR count). The number of nitrogens with zero attached hydrogens (tertiary/aromatic N) is 4. The average molecular weight is 421 g/mol. The van der Waals surface area contributed by atoms with Crippen molar-refractivity contribution in [3.63, 3.8) is 0 Å². The summed E-state index contributed by atoms with van der Waals surface area (Å²) < 4.78 is 1.74. The average Bonchev–Trinajstić information content (AvgIpc) is 3.37. The second kappa shape index (κ2) is 7.70. The zero-order valence-corrected chi connectivity index (χ0v) is 17.1. The summed E-state index contributed by atoms with van der Waals surface area (Å²) >= 11 is 6.36. The molecule has 152 valence electrons. The second-order valence-corrected chi connectivity index (χ2v) is 8.10. The number of carboxylic acid groups (broad SMARTS) is 1. The third-order valence-corrected chi connectivity index (χ3v) is 5.93. The zero-order valence-electron chi connectivity index (χ0n) is 16.4. The summed E-state index contributed by atoms with van der Waals surface area (Å²) in [7, 11) is 0. The Morgan fingerprint density at radius 1 is 1.00 bits per heavy atom. The number of hydrogen-bond donors (Lipinski definition) is 1. The molecule has 0 atom stereocenters. The Hall–Kier alpha value is -2.96. The lowest BCUT2D eigenvalue weighted by atomic mass is 10.1. The maximum Gasteiger partial charge on any atom is 0.372 e. The van der Waals surface area contributed by atoms with Gasteiger partial charge in [0.1, 0.15) is 5.52 Å². The fourth-order valence-corrected chi connectivity index (χ4v) is 4.55. The van der Waals surface area contributed by atoms with Gasteiger partial charge in [0.15, 0.2) is 5.15 Å². The highest BCUT2D eigenvalue weighted by Gasteiger charge is 2.22. The molecule has 1 N–H and O–H groups in total. The number of rotatable bonds is 5. The smallest absolute Gasteiger partial charge is 0.372 e. The van der Waals surface area contributed by atoms with Crippen LogP contribution in [0.3, 0.4) is 0 Å². The van der Waals surface area contributed by atoms with E-state index in [0.717, 1.165) is 36.1 Å².